The van der Waals surface area contributed by atoms with Gasteiger partial charge in [0.25, 0.3) is 0 Å². The lowest BCUT2D eigenvalue weighted by molar-refractivity contribution is -0.161. The highest BCUT2D eigenvalue weighted by molar-refractivity contribution is 5.83. The maximum Gasteiger partial charge on any atom is 0.407 e. The number of nitrogens with zero attached hydrogens (tertiary/aromatic N) is 1. The molecule has 4 N–H and O–H groups in total. The molecule has 3 rings (SSSR count). The molecule has 1 fully saturated rings. The summed E-state index contributed by atoms with van der Waals surface area (Å²) in [7, 11) is 0. The van der Waals surface area contributed by atoms with Crippen LogP contribution in [0.25, 0.3) is 11.1 Å². The van der Waals surface area contributed by atoms with Crippen LogP contribution in [-0.4, -0.2) is 35.2 Å². The number of nitriles is 1. The average Bonchev–Trinajstić information content (AvgIpc) is 3.60. The number of hydrogen-bond acceptors (Lipinski definition) is 4. The predicted octanol–water partition coefficient (Wildman–Crippen LogP) is 5.28. The third-order valence-electron chi connectivity index (χ3n) is 6.87. The molecular weight excluding hydrogens is 512 g/mol. The van der Waals surface area contributed by atoms with Crippen LogP contribution < -0.4 is 16.4 Å². The molecule has 0 bridgehead atoms. The molecule has 1 aliphatic rings. The molecular formula is C29H34F4N4O2. The van der Waals surface area contributed by atoms with Crippen molar-refractivity contribution in [3.8, 4) is 17.2 Å². The Morgan fingerprint density at radius 1 is 0.974 bits per heavy atom. The van der Waals surface area contributed by atoms with Crippen LogP contribution in [-0.2, 0) is 16.0 Å². The molecule has 0 aromatic heterocycles. The first-order chi connectivity index (χ1) is 17.9. The van der Waals surface area contributed by atoms with E-state index < -0.39 is 53.1 Å². The van der Waals surface area contributed by atoms with Crippen molar-refractivity contribution in [1.82, 2.24) is 10.6 Å². The van der Waals surface area contributed by atoms with Gasteiger partial charge in [-0.15, -0.1) is 0 Å². The predicted molar refractivity (Wildman–Crippen MR) is 140 cm³/mol. The number of alkyl halides is 4. The summed E-state index contributed by atoms with van der Waals surface area (Å²) < 4.78 is 57.0. The van der Waals surface area contributed by atoms with Crippen LogP contribution in [0.15, 0.2) is 48.5 Å². The molecule has 0 heterocycles. The Labute approximate surface area is 226 Å². The highest BCUT2D eigenvalue weighted by atomic mass is 19.4. The largest absolute Gasteiger partial charge is 0.407 e. The molecule has 39 heavy (non-hydrogen) atoms. The monoisotopic (exact) mass is 546 g/mol. The van der Waals surface area contributed by atoms with Crippen LogP contribution in [0.5, 0.6) is 0 Å². The first-order valence-corrected chi connectivity index (χ1v) is 12.7. The fourth-order valence-electron chi connectivity index (χ4n) is 4.29. The van der Waals surface area contributed by atoms with Crippen molar-refractivity contribution in [2.45, 2.75) is 82.8 Å². The number of nitrogens with one attached hydrogen (secondary N) is 2. The maximum atomic E-state index is 14.5. The van der Waals surface area contributed by atoms with Gasteiger partial charge in [0.15, 0.2) is 0 Å². The molecule has 1 aliphatic carbocycles. The molecule has 2 aromatic carbocycles. The van der Waals surface area contributed by atoms with Gasteiger partial charge in [0, 0.05) is 11.8 Å². The minimum atomic E-state index is -4.78. The van der Waals surface area contributed by atoms with E-state index in [9.17, 15) is 32.4 Å². The topological polar surface area (TPSA) is 108 Å². The molecule has 0 saturated heterocycles. The van der Waals surface area contributed by atoms with Crippen molar-refractivity contribution in [3.05, 3.63) is 59.7 Å². The standard InChI is InChI=1S/C29H34F4N4O2/c1-26(2,25(35)39)15-18-5-7-19(8-6-18)20-9-11-21(12-10-20)23(29(31,32)33)36-22(16-27(3,4)30)24(38)37-28(17-34)13-14-28/h5-12,22-23,36H,13-16H2,1-4H3,(H2,35,39)(H,37,38)/t22-,23-/m0/s1. The number of halogens is 4. The van der Waals surface area contributed by atoms with E-state index in [-0.39, 0.29) is 5.56 Å². The lowest BCUT2D eigenvalue weighted by Gasteiger charge is -2.30. The van der Waals surface area contributed by atoms with Crippen molar-refractivity contribution >= 4 is 11.8 Å². The van der Waals surface area contributed by atoms with Gasteiger partial charge in [-0.3, -0.25) is 14.9 Å². The number of nitrogens with two attached hydrogens (primary N) is 1. The summed E-state index contributed by atoms with van der Waals surface area (Å²) in [6.45, 7) is 5.88. The molecule has 2 atom stereocenters. The third kappa shape index (κ3) is 8.02. The van der Waals surface area contributed by atoms with E-state index in [0.717, 1.165) is 11.1 Å². The number of hydrogen-bond donors (Lipinski definition) is 3. The summed E-state index contributed by atoms with van der Waals surface area (Å²) >= 11 is 0. The Morgan fingerprint density at radius 2 is 1.49 bits per heavy atom. The van der Waals surface area contributed by atoms with E-state index in [1.165, 1.54) is 26.0 Å². The Kier molecular flexibility index (Phi) is 8.46. The van der Waals surface area contributed by atoms with Crippen LogP contribution >= 0.6 is 0 Å². The molecule has 0 radical (unpaired) electrons. The normalized spacial score (nSPS) is 16.6. The van der Waals surface area contributed by atoms with Gasteiger partial charge in [-0.1, -0.05) is 62.4 Å². The van der Waals surface area contributed by atoms with Crippen molar-refractivity contribution < 1.29 is 27.2 Å². The molecule has 1 saturated carbocycles. The summed E-state index contributed by atoms with van der Waals surface area (Å²) in [5, 5.41) is 14.1. The second-order valence-electron chi connectivity index (χ2n) is 11.5. The molecule has 2 aromatic rings. The van der Waals surface area contributed by atoms with Crippen LogP contribution in [0.3, 0.4) is 0 Å². The second kappa shape index (κ2) is 11.0. The molecule has 210 valence electrons. The average molecular weight is 547 g/mol. The first-order valence-electron chi connectivity index (χ1n) is 12.7. The molecule has 10 heteroatoms. The molecule has 0 spiro atoms. The quantitative estimate of drug-likeness (QED) is 0.333. The fraction of sp³-hybridized carbons (Fsp3) is 0.483. The van der Waals surface area contributed by atoms with E-state index in [4.69, 9.17) is 5.73 Å². The summed E-state index contributed by atoms with van der Waals surface area (Å²) in [4.78, 5) is 24.4. The van der Waals surface area contributed by atoms with Crippen LogP contribution in [0.1, 0.15) is 64.1 Å². The van der Waals surface area contributed by atoms with Gasteiger partial charge in [0.2, 0.25) is 11.8 Å². The van der Waals surface area contributed by atoms with Crippen LogP contribution in [0, 0.1) is 16.7 Å². The third-order valence-corrected chi connectivity index (χ3v) is 6.87. The van der Waals surface area contributed by atoms with Crippen molar-refractivity contribution in [2.24, 2.45) is 11.1 Å². The van der Waals surface area contributed by atoms with Crippen LogP contribution in [0.4, 0.5) is 17.6 Å². The first kappa shape index (κ1) is 30.1. The summed E-state index contributed by atoms with van der Waals surface area (Å²) in [5.74, 6) is -1.26. The SMILES string of the molecule is CC(C)(F)C[C@H](N[C@@H](c1ccc(-c2ccc(CC(C)(C)C(N)=O)cc2)cc1)C(F)(F)F)C(=O)NC1(C#N)CC1. The zero-order chi connectivity index (χ0) is 29.2. The Morgan fingerprint density at radius 3 is 1.90 bits per heavy atom. The van der Waals surface area contributed by atoms with Crippen molar-refractivity contribution in [2.75, 3.05) is 0 Å². The summed E-state index contributed by atoms with van der Waals surface area (Å²) in [6.07, 6.45) is -4.05. The van der Waals surface area contributed by atoms with E-state index in [1.807, 2.05) is 30.3 Å². The van der Waals surface area contributed by atoms with Gasteiger partial charge in [-0.2, -0.15) is 18.4 Å². The number of rotatable bonds is 11. The number of primary amides is 1. The molecule has 0 unspecified atom stereocenters. The number of carbonyl (C=O) groups is 2. The molecule has 6 nitrogen and oxygen atoms in total. The molecule has 2 amide bonds. The minimum absolute atomic E-state index is 0.137. The molecule has 0 aliphatic heterocycles. The van der Waals surface area contributed by atoms with Gasteiger partial charge in [-0.25, -0.2) is 4.39 Å². The lowest BCUT2D eigenvalue weighted by Crippen LogP contribution is -2.53. The van der Waals surface area contributed by atoms with Crippen LogP contribution in [0.2, 0.25) is 0 Å². The second-order valence-corrected chi connectivity index (χ2v) is 11.5. The van der Waals surface area contributed by atoms with E-state index >= 15 is 0 Å². The zero-order valence-corrected chi connectivity index (χ0v) is 22.5. The highest BCUT2D eigenvalue weighted by Gasteiger charge is 2.48. The Bertz CT molecular complexity index is 1220. The van der Waals surface area contributed by atoms with E-state index in [0.29, 0.717) is 24.8 Å². The number of benzene rings is 2. The summed E-state index contributed by atoms with van der Waals surface area (Å²) in [6, 6.07) is 11.2. The van der Waals surface area contributed by atoms with Crippen molar-refractivity contribution in [3.63, 3.8) is 0 Å². The minimum Gasteiger partial charge on any atom is -0.369 e. The maximum absolute atomic E-state index is 14.5. The van der Waals surface area contributed by atoms with E-state index in [1.54, 1.807) is 26.0 Å². The van der Waals surface area contributed by atoms with Gasteiger partial charge in [0.1, 0.15) is 17.2 Å². The lowest BCUT2D eigenvalue weighted by atomic mass is 9.85. The van der Waals surface area contributed by atoms with Gasteiger partial charge < -0.3 is 11.1 Å². The number of carbonyl (C=O) groups excluding carboxylic acids is 2. The summed E-state index contributed by atoms with van der Waals surface area (Å²) in [5.41, 5.74) is 3.88. The smallest absolute Gasteiger partial charge is 0.369 e. The Hall–Kier alpha value is -3.45. The highest BCUT2D eigenvalue weighted by Crippen LogP contribution is 2.37. The van der Waals surface area contributed by atoms with Gasteiger partial charge in [0.05, 0.1) is 12.1 Å². The van der Waals surface area contributed by atoms with Crippen molar-refractivity contribution in [1.29, 1.82) is 5.26 Å². The number of amides is 2. The van der Waals surface area contributed by atoms with Gasteiger partial charge >= 0.3 is 6.18 Å². The van der Waals surface area contributed by atoms with E-state index in [2.05, 4.69) is 10.6 Å². The Balaban J connectivity index is 1.82. The zero-order valence-electron chi connectivity index (χ0n) is 22.5. The van der Waals surface area contributed by atoms with Gasteiger partial charge in [-0.05, 0) is 55.4 Å². The fourth-order valence-corrected chi connectivity index (χ4v) is 4.29.